The van der Waals surface area contributed by atoms with E-state index in [0.29, 0.717) is 11.5 Å². The van der Waals surface area contributed by atoms with E-state index in [1.807, 2.05) is 78.9 Å². The van der Waals surface area contributed by atoms with Gasteiger partial charge in [0.25, 0.3) is 11.2 Å². The number of nitro benzene ring substituents is 1. The van der Waals surface area contributed by atoms with E-state index in [1.54, 1.807) is 21.1 Å². The van der Waals surface area contributed by atoms with Gasteiger partial charge in [-0.15, -0.1) is 0 Å². The number of nitrogens with zero attached hydrogens (tertiary/aromatic N) is 2. The number of H-pyrrole nitrogens is 1. The van der Waals surface area contributed by atoms with Crippen molar-refractivity contribution in [3.63, 3.8) is 0 Å². The van der Waals surface area contributed by atoms with Crippen molar-refractivity contribution in [3.8, 4) is 17.2 Å². The van der Waals surface area contributed by atoms with E-state index >= 15 is 0 Å². The van der Waals surface area contributed by atoms with E-state index < -0.39 is 46.9 Å². The quantitative estimate of drug-likeness (QED) is 0.0686. The van der Waals surface area contributed by atoms with Crippen LogP contribution in [0.3, 0.4) is 0 Å². The maximum Gasteiger partial charge on any atom is 0.330 e. The fraction of sp³-hybridized carbons (Fsp3) is 0.243. The number of aromatic amines is 1. The molecule has 2 heterocycles. The molecule has 1 aliphatic heterocycles. The number of aromatic nitrogens is 2. The molecule has 1 fully saturated rings. The van der Waals surface area contributed by atoms with Gasteiger partial charge in [0.05, 0.1) is 31.9 Å². The molecular weight excluding hydrogens is 725 g/mol. The average Bonchev–Trinajstić information content (AvgIpc) is 3.55. The van der Waals surface area contributed by atoms with Gasteiger partial charge < -0.3 is 32.9 Å². The van der Waals surface area contributed by atoms with Gasteiger partial charge in [0.15, 0.2) is 6.72 Å². The van der Waals surface area contributed by atoms with Crippen LogP contribution in [0.4, 0.5) is 5.69 Å². The number of non-ortho nitro benzene ring substituents is 1. The van der Waals surface area contributed by atoms with E-state index in [0.717, 1.165) is 16.7 Å². The molecule has 1 aromatic heterocycles. The molecule has 53 heavy (non-hydrogen) atoms. The number of hydrogen-bond acceptors (Lipinski definition) is 12. The molecule has 1 aliphatic rings. The highest BCUT2D eigenvalue weighted by molar-refractivity contribution is 8.06. The van der Waals surface area contributed by atoms with Gasteiger partial charge in [0.1, 0.15) is 35.2 Å². The Morgan fingerprint density at radius 1 is 0.887 bits per heavy atom. The zero-order chi connectivity index (χ0) is 37.8. The van der Waals surface area contributed by atoms with Gasteiger partial charge >= 0.3 is 5.69 Å². The minimum atomic E-state index is -4.34. The van der Waals surface area contributed by atoms with Crippen LogP contribution in [0.15, 0.2) is 119 Å². The molecule has 0 radical (unpaired) electrons. The van der Waals surface area contributed by atoms with E-state index in [1.165, 1.54) is 35.0 Å². The lowest BCUT2D eigenvalue weighted by atomic mass is 9.80. The molecule has 0 spiro atoms. The van der Waals surface area contributed by atoms with Crippen LogP contribution in [0.25, 0.3) is 0 Å². The molecule has 0 bridgehead atoms. The summed E-state index contributed by atoms with van der Waals surface area (Å²) < 4.78 is 37.0. The van der Waals surface area contributed by atoms with E-state index in [4.69, 9.17) is 39.8 Å². The second kappa shape index (κ2) is 15.8. The van der Waals surface area contributed by atoms with E-state index in [-0.39, 0.29) is 30.0 Å². The number of benzene rings is 4. The second-order valence-corrected chi connectivity index (χ2v) is 14.7. The van der Waals surface area contributed by atoms with Crippen LogP contribution in [-0.2, 0) is 31.4 Å². The van der Waals surface area contributed by atoms with Gasteiger partial charge in [-0.1, -0.05) is 54.6 Å². The molecule has 4 atom stereocenters. The zero-order valence-electron chi connectivity index (χ0n) is 28.8. The third-order valence-electron chi connectivity index (χ3n) is 8.80. The Kier molecular flexibility index (Phi) is 11.2. The molecular formula is C37H35N3O11PS-. The van der Waals surface area contributed by atoms with Crippen molar-refractivity contribution >= 4 is 24.2 Å². The van der Waals surface area contributed by atoms with Crippen LogP contribution in [-0.4, -0.2) is 47.5 Å². The Bertz CT molecular complexity index is 2170. The Morgan fingerprint density at radius 2 is 1.43 bits per heavy atom. The van der Waals surface area contributed by atoms with Crippen molar-refractivity contribution in [2.75, 3.05) is 20.8 Å². The molecule has 5 aromatic rings. The molecule has 1 N–H and O–H groups in total. The summed E-state index contributed by atoms with van der Waals surface area (Å²) in [6.45, 7) is -2.97. The van der Waals surface area contributed by atoms with Gasteiger partial charge in [0.2, 0.25) is 0 Å². The van der Waals surface area contributed by atoms with Crippen molar-refractivity contribution in [1.29, 1.82) is 0 Å². The third kappa shape index (κ3) is 8.25. The van der Waals surface area contributed by atoms with Crippen molar-refractivity contribution in [1.82, 2.24) is 9.55 Å². The standard InChI is InChI=1S/C37H36N3O11PS/c1-24-22-39(36(42)38-35(24)41)34-21-32(51-52(45,53)50-31-19-13-28(14-20-31)40(43)44)33(49-34)23-48-37(25-7-5-4-6-8-25,26-9-15-29(46-2)16-10-26)27-11-17-30(47-3)18-12-27/h4-20,22,32-34H,21,23H2,1-3H3,(H,45,53)(H,38,41,42)/p-1/t32-,33+,34+,52?/m0/s1. The number of aryl methyl sites for hydroxylation is 1. The summed E-state index contributed by atoms with van der Waals surface area (Å²) in [6.07, 6.45) is -1.70. The lowest BCUT2D eigenvalue weighted by Gasteiger charge is -2.38. The molecule has 1 saturated heterocycles. The predicted molar refractivity (Wildman–Crippen MR) is 196 cm³/mol. The molecule has 0 amide bonds. The maximum absolute atomic E-state index is 13.7. The number of nitrogens with one attached hydrogen (secondary N) is 1. The first-order chi connectivity index (χ1) is 25.4. The lowest BCUT2D eigenvalue weighted by Crippen LogP contribution is -2.39. The largest absolute Gasteiger partial charge is 0.770 e. The predicted octanol–water partition coefficient (Wildman–Crippen LogP) is 5.12. The van der Waals surface area contributed by atoms with Crippen LogP contribution < -0.4 is 30.1 Å². The summed E-state index contributed by atoms with van der Waals surface area (Å²) in [6, 6.07) is 29.3. The third-order valence-corrected chi connectivity index (χ3v) is 10.2. The first kappa shape index (κ1) is 37.6. The zero-order valence-corrected chi connectivity index (χ0v) is 30.5. The van der Waals surface area contributed by atoms with Gasteiger partial charge in [0, 0.05) is 30.3 Å². The summed E-state index contributed by atoms with van der Waals surface area (Å²) in [7, 11) is 3.15. The highest BCUT2D eigenvalue weighted by Crippen LogP contribution is 2.47. The number of methoxy groups -OCH3 is 2. The van der Waals surface area contributed by atoms with Gasteiger partial charge in [-0.25, -0.2) is 4.79 Å². The number of hydrogen-bond donors (Lipinski definition) is 1. The van der Waals surface area contributed by atoms with E-state index in [9.17, 15) is 24.6 Å². The van der Waals surface area contributed by atoms with Crippen molar-refractivity contribution in [2.45, 2.75) is 37.4 Å². The molecule has 0 aliphatic carbocycles. The number of rotatable bonds is 14. The van der Waals surface area contributed by atoms with Gasteiger partial charge in [-0.05, 0) is 71.8 Å². The lowest BCUT2D eigenvalue weighted by molar-refractivity contribution is -0.384. The Hall–Kier alpha value is -5.15. The van der Waals surface area contributed by atoms with Crippen LogP contribution >= 0.6 is 6.72 Å². The Labute approximate surface area is 308 Å². The highest BCUT2D eigenvalue weighted by Gasteiger charge is 2.44. The minimum Gasteiger partial charge on any atom is -0.770 e. The van der Waals surface area contributed by atoms with Gasteiger partial charge in [-0.3, -0.25) is 24.5 Å². The SMILES string of the molecule is COc1ccc(C(OC[C@H]2O[C@@H](n3cc(C)c(=O)[nH]c3=O)C[C@@H]2OP([O-])(=S)Oc2ccc([N+](=O)[O-])cc2)(c2ccccc2)c2ccc(OC)cc2)cc1. The fourth-order valence-electron chi connectivity index (χ4n) is 6.16. The van der Waals surface area contributed by atoms with Crippen LogP contribution in [0.2, 0.25) is 0 Å². The topological polar surface area (TPSA) is 176 Å². The second-order valence-electron chi connectivity index (χ2n) is 12.1. The fourth-order valence-corrected chi connectivity index (χ4v) is 7.73. The Morgan fingerprint density at radius 3 is 1.98 bits per heavy atom. The van der Waals surface area contributed by atoms with E-state index in [2.05, 4.69) is 4.98 Å². The molecule has 4 aromatic carbocycles. The molecule has 14 nitrogen and oxygen atoms in total. The molecule has 16 heteroatoms. The molecule has 0 saturated carbocycles. The Balaban J connectivity index is 1.39. The maximum atomic E-state index is 13.7. The van der Waals surface area contributed by atoms with Crippen molar-refractivity contribution in [3.05, 3.63) is 163 Å². The number of nitro groups is 1. The van der Waals surface area contributed by atoms with Crippen LogP contribution in [0, 0.1) is 17.0 Å². The molecule has 276 valence electrons. The number of ether oxygens (including phenoxy) is 4. The van der Waals surface area contributed by atoms with Crippen LogP contribution in [0.1, 0.15) is 34.9 Å². The summed E-state index contributed by atoms with van der Waals surface area (Å²) in [5.74, 6) is 1.26. The summed E-state index contributed by atoms with van der Waals surface area (Å²) in [4.78, 5) is 51.7. The molecule has 1 unspecified atom stereocenters. The normalized spacial score (nSPS) is 18.2. The minimum absolute atomic E-state index is 0.00761. The highest BCUT2D eigenvalue weighted by atomic mass is 32.5. The summed E-state index contributed by atoms with van der Waals surface area (Å²) >= 11 is 5.29. The first-order valence-corrected chi connectivity index (χ1v) is 18.9. The van der Waals surface area contributed by atoms with Crippen LogP contribution in [0.5, 0.6) is 17.2 Å². The first-order valence-electron chi connectivity index (χ1n) is 16.3. The smallest absolute Gasteiger partial charge is 0.330 e. The summed E-state index contributed by atoms with van der Waals surface area (Å²) in [5.41, 5.74) is -0.203. The van der Waals surface area contributed by atoms with Gasteiger partial charge in [-0.2, -0.15) is 0 Å². The summed E-state index contributed by atoms with van der Waals surface area (Å²) in [5, 5.41) is 11.1. The van der Waals surface area contributed by atoms with Crippen molar-refractivity contribution < 1.29 is 37.8 Å². The molecule has 6 rings (SSSR count). The monoisotopic (exact) mass is 760 g/mol. The van der Waals surface area contributed by atoms with Crippen molar-refractivity contribution in [2.24, 2.45) is 0 Å². The average molecular weight is 761 g/mol.